The fourth-order valence-corrected chi connectivity index (χ4v) is 16.7. The highest BCUT2D eigenvalue weighted by Gasteiger charge is 1.98. The molecule has 0 aromatic rings. The zero-order valence-electron chi connectivity index (χ0n) is 8.69. The van der Waals surface area contributed by atoms with Crippen LogP contribution in [-0.4, -0.2) is 36.6 Å². The monoisotopic (exact) mass is 220 g/mol. The van der Waals surface area contributed by atoms with Crippen molar-refractivity contribution in [1.29, 1.82) is 0 Å². The molecule has 0 saturated carbocycles. The van der Waals surface area contributed by atoms with Gasteiger partial charge in [0.1, 0.15) is 0 Å². The van der Waals surface area contributed by atoms with Gasteiger partial charge in [0, 0.05) is 36.6 Å². The second kappa shape index (κ2) is 7.51. The molecule has 0 amide bonds. The summed E-state index contributed by atoms with van der Waals surface area (Å²) in [4.78, 5) is 0. The van der Waals surface area contributed by atoms with E-state index in [0.29, 0.717) is 19.0 Å². The maximum atomic E-state index is 2.51. The Morgan fingerprint density at radius 3 is 1.45 bits per heavy atom. The molecule has 0 aromatic carbocycles. The van der Waals surface area contributed by atoms with E-state index >= 15 is 0 Å². The van der Waals surface area contributed by atoms with Crippen molar-refractivity contribution in [2.45, 2.75) is 43.2 Å². The molecule has 0 N–H and O–H groups in total. The van der Waals surface area contributed by atoms with Gasteiger partial charge in [0.15, 0.2) is 0 Å². The summed E-state index contributed by atoms with van der Waals surface area (Å²) in [6, 6.07) is 0. The van der Waals surface area contributed by atoms with E-state index in [9.17, 15) is 0 Å². The normalized spacial score (nSPS) is 13.6. The molecule has 0 bridgehead atoms. The highest BCUT2D eigenvalue weighted by atomic mass is 28.3. The average molecular weight is 221 g/mol. The molecule has 0 fully saturated rings. The fraction of sp³-hybridized carbons (Fsp3) is 1.00. The summed E-state index contributed by atoms with van der Waals surface area (Å²) in [5.74, 6) is 0. The van der Waals surface area contributed by atoms with Crippen molar-refractivity contribution in [1.82, 2.24) is 0 Å². The van der Waals surface area contributed by atoms with E-state index in [4.69, 9.17) is 0 Å². The Morgan fingerprint density at radius 2 is 1.18 bits per heavy atom. The van der Waals surface area contributed by atoms with Crippen LogP contribution >= 0.6 is 0 Å². The van der Waals surface area contributed by atoms with Gasteiger partial charge in [-0.05, 0) is 0 Å². The van der Waals surface area contributed by atoms with E-state index in [1.807, 2.05) is 0 Å². The smallest absolute Gasteiger partial charge is 0.0274 e. The predicted octanol–water partition coefficient (Wildman–Crippen LogP) is 0.588. The minimum absolute atomic E-state index is 0.142. The van der Waals surface area contributed by atoms with Crippen molar-refractivity contribution in [2.24, 2.45) is 0 Å². The molecule has 0 aliphatic carbocycles. The molecule has 0 heterocycles. The SMILES string of the molecule is C[SiH](C)C[SiH2]C[SiH2]C[SiH](C)C. The van der Waals surface area contributed by atoms with Gasteiger partial charge in [0.25, 0.3) is 0 Å². The summed E-state index contributed by atoms with van der Waals surface area (Å²) in [7, 11) is 0.648. The second-order valence-electron chi connectivity index (χ2n) is 4.43. The highest BCUT2D eigenvalue weighted by molar-refractivity contribution is 6.75. The van der Waals surface area contributed by atoms with E-state index in [-0.39, 0.29) is 17.6 Å². The molecule has 0 aromatic heterocycles. The van der Waals surface area contributed by atoms with E-state index in [1.165, 1.54) is 0 Å². The van der Waals surface area contributed by atoms with Crippen molar-refractivity contribution in [3.05, 3.63) is 0 Å². The van der Waals surface area contributed by atoms with Crippen molar-refractivity contribution >= 4 is 36.6 Å². The van der Waals surface area contributed by atoms with Crippen LogP contribution in [0.4, 0.5) is 0 Å². The van der Waals surface area contributed by atoms with Crippen LogP contribution in [-0.2, 0) is 0 Å². The molecule has 0 spiro atoms. The van der Waals surface area contributed by atoms with Gasteiger partial charge in [-0.3, -0.25) is 0 Å². The van der Waals surface area contributed by atoms with Gasteiger partial charge in [-0.2, -0.15) is 0 Å². The molecule has 0 aliphatic rings. The first-order chi connectivity index (χ1) is 5.13. The molecule has 0 radical (unpaired) electrons. The summed E-state index contributed by atoms with van der Waals surface area (Å²) >= 11 is 0. The van der Waals surface area contributed by atoms with Gasteiger partial charge in [-0.25, -0.2) is 0 Å². The zero-order valence-corrected chi connectivity index (χ0v) is 13.8. The van der Waals surface area contributed by atoms with Gasteiger partial charge >= 0.3 is 0 Å². The van der Waals surface area contributed by atoms with Crippen LogP contribution in [0.5, 0.6) is 0 Å². The standard InChI is InChI=1S/C7H24Si4/c1-10(2)6-8-5-9-7-11(3)4/h10-11H,5-9H2,1-4H3. The molecule has 0 saturated heterocycles. The lowest BCUT2D eigenvalue weighted by Crippen LogP contribution is -2.10. The third kappa shape index (κ3) is 10.9. The first kappa shape index (κ1) is 11.9. The van der Waals surface area contributed by atoms with Crippen molar-refractivity contribution < 1.29 is 0 Å². The van der Waals surface area contributed by atoms with E-state index in [1.54, 1.807) is 17.0 Å². The quantitative estimate of drug-likeness (QED) is 0.454. The Hall–Kier alpha value is 0.868. The molecule has 68 valence electrons. The molecule has 0 aliphatic heterocycles. The Bertz CT molecular complexity index is 72.5. The lowest BCUT2D eigenvalue weighted by Gasteiger charge is -2.02. The summed E-state index contributed by atoms with van der Waals surface area (Å²) in [5.41, 5.74) is 5.27. The van der Waals surface area contributed by atoms with Crippen molar-refractivity contribution in [3.63, 3.8) is 0 Å². The third-order valence-electron chi connectivity index (χ3n) is 2.06. The first-order valence-corrected chi connectivity index (χ1v) is 15.4. The lowest BCUT2D eigenvalue weighted by atomic mass is 11.8. The Morgan fingerprint density at radius 1 is 0.818 bits per heavy atom. The molecule has 0 rings (SSSR count). The van der Waals surface area contributed by atoms with Crippen molar-refractivity contribution in [2.75, 3.05) is 0 Å². The number of hydrogen-bond acceptors (Lipinski definition) is 0. The molecular weight excluding hydrogens is 196 g/mol. The Kier molecular flexibility index (Phi) is 8.11. The van der Waals surface area contributed by atoms with Crippen LogP contribution in [0.3, 0.4) is 0 Å². The van der Waals surface area contributed by atoms with E-state index < -0.39 is 0 Å². The summed E-state index contributed by atoms with van der Waals surface area (Å²) in [6.45, 7) is 10.0. The summed E-state index contributed by atoms with van der Waals surface area (Å²) < 4.78 is 0. The zero-order chi connectivity index (χ0) is 8.69. The topological polar surface area (TPSA) is 0 Å². The van der Waals surface area contributed by atoms with Crippen LogP contribution in [0, 0.1) is 0 Å². The van der Waals surface area contributed by atoms with Crippen molar-refractivity contribution in [3.8, 4) is 0 Å². The van der Waals surface area contributed by atoms with Gasteiger partial charge in [-0.15, -0.1) is 0 Å². The minimum Gasteiger partial charge on any atom is -0.0725 e. The number of rotatable bonds is 6. The lowest BCUT2D eigenvalue weighted by molar-refractivity contribution is 1.71. The van der Waals surface area contributed by atoms with E-state index in [2.05, 4.69) is 26.2 Å². The van der Waals surface area contributed by atoms with Crippen LogP contribution in [0.2, 0.25) is 43.2 Å². The van der Waals surface area contributed by atoms with Gasteiger partial charge in [0.05, 0.1) is 0 Å². The van der Waals surface area contributed by atoms with Gasteiger partial charge < -0.3 is 0 Å². The molecule has 0 nitrogen and oxygen atoms in total. The summed E-state index contributed by atoms with van der Waals surface area (Å²) in [5, 5.41) is 0. The first-order valence-electron chi connectivity index (χ1n) is 5.13. The predicted molar refractivity (Wildman–Crippen MR) is 69.3 cm³/mol. The largest absolute Gasteiger partial charge is 0.0725 e. The third-order valence-corrected chi connectivity index (χ3v) is 18.6. The molecule has 11 heavy (non-hydrogen) atoms. The highest BCUT2D eigenvalue weighted by Crippen LogP contribution is 1.95. The molecule has 0 atom stereocenters. The molecular formula is C7H24Si4. The van der Waals surface area contributed by atoms with Crippen LogP contribution < -0.4 is 0 Å². The van der Waals surface area contributed by atoms with Gasteiger partial charge in [0.2, 0.25) is 0 Å². The summed E-state index contributed by atoms with van der Waals surface area (Å²) in [6.07, 6.45) is 0. The maximum absolute atomic E-state index is 2.51. The Labute approximate surface area is 80.0 Å². The van der Waals surface area contributed by atoms with Crippen LogP contribution in [0.15, 0.2) is 0 Å². The van der Waals surface area contributed by atoms with Crippen LogP contribution in [0.25, 0.3) is 0 Å². The molecule has 0 unspecified atom stereocenters. The fourth-order valence-electron chi connectivity index (χ4n) is 1.28. The average Bonchev–Trinajstić information content (AvgIpc) is 1.85. The second-order valence-corrected chi connectivity index (χ2v) is 18.9. The van der Waals surface area contributed by atoms with Gasteiger partial charge in [-0.1, -0.05) is 43.2 Å². The van der Waals surface area contributed by atoms with E-state index in [0.717, 1.165) is 0 Å². The minimum atomic E-state index is -0.142. The van der Waals surface area contributed by atoms with Crippen LogP contribution in [0.1, 0.15) is 0 Å². The molecule has 4 heteroatoms. The Balaban J connectivity index is 2.91. The maximum Gasteiger partial charge on any atom is 0.0274 e. The number of hydrogen-bond donors (Lipinski definition) is 0.